The van der Waals surface area contributed by atoms with Crippen molar-refractivity contribution in [1.82, 2.24) is 4.90 Å². The number of esters is 1. The Kier molecular flexibility index (Phi) is 4.98. The summed E-state index contributed by atoms with van der Waals surface area (Å²) in [7, 11) is 0. The van der Waals surface area contributed by atoms with Gasteiger partial charge >= 0.3 is 5.97 Å². The number of piperidine rings is 1. The lowest BCUT2D eigenvalue weighted by molar-refractivity contribution is -0.156. The average molecular weight is 332 g/mol. The molecule has 2 fully saturated rings. The topological polar surface area (TPSA) is 29.5 Å². The highest BCUT2D eigenvalue weighted by Gasteiger charge is 2.40. The summed E-state index contributed by atoms with van der Waals surface area (Å²) in [6.07, 6.45) is 13.3. The van der Waals surface area contributed by atoms with E-state index in [1.54, 1.807) is 5.57 Å². The molecule has 0 bridgehead atoms. The van der Waals surface area contributed by atoms with Crippen LogP contribution in [0.15, 0.2) is 11.1 Å². The van der Waals surface area contributed by atoms with Gasteiger partial charge in [-0.25, -0.2) is 0 Å². The first-order valence-electron chi connectivity index (χ1n) is 10.4. The molecule has 0 amide bonds. The average Bonchev–Trinajstić information content (AvgIpc) is 2.53. The SMILES string of the molecule is CCCN1CCC[C@@H]2CC3=C(CCC[C@H]3OC(=O)C3CCC3)C[C@H]21. The lowest BCUT2D eigenvalue weighted by Crippen LogP contribution is -2.48. The third-order valence-corrected chi connectivity index (χ3v) is 6.97. The molecule has 1 saturated carbocycles. The second-order valence-electron chi connectivity index (χ2n) is 8.49. The molecule has 134 valence electrons. The molecule has 0 N–H and O–H groups in total. The van der Waals surface area contributed by atoms with Crippen LogP contribution in [0.25, 0.3) is 0 Å². The number of rotatable bonds is 4. The van der Waals surface area contributed by atoms with Crippen LogP contribution in [0, 0.1) is 11.8 Å². The number of hydrogen-bond acceptors (Lipinski definition) is 3. The van der Waals surface area contributed by atoms with Gasteiger partial charge in [-0.15, -0.1) is 0 Å². The summed E-state index contributed by atoms with van der Waals surface area (Å²) in [4.78, 5) is 15.1. The van der Waals surface area contributed by atoms with Crippen molar-refractivity contribution < 1.29 is 9.53 Å². The minimum absolute atomic E-state index is 0.0957. The van der Waals surface area contributed by atoms with Gasteiger partial charge in [0, 0.05) is 6.04 Å². The van der Waals surface area contributed by atoms with E-state index in [0.717, 1.165) is 31.2 Å². The van der Waals surface area contributed by atoms with Gasteiger partial charge in [0.15, 0.2) is 0 Å². The van der Waals surface area contributed by atoms with Gasteiger partial charge in [-0.05, 0) is 88.8 Å². The zero-order valence-corrected chi connectivity index (χ0v) is 15.3. The second-order valence-corrected chi connectivity index (χ2v) is 8.49. The molecule has 24 heavy (non-hydrogen) atoms. The van der Waals surface area contributed by atoms with Crippen LogP contribution < -0.4 is 0 Å². The molecule has 1 aliphatic heterocycles. The fourth-order valence-electron chi connectivity index (χ4n) is 5.43. The Morgan fingerprint density at radius 2 is 2.00 bits per heavy atom. The summed E-state index contributed by atoms with van der Waals surface area (Å²) in [5, 5.41) is 0. The smallest absolute Gasteiger partial charge is 0.309 e. The predicted octanol–water partition coefficient (Wildman–Crippen LogP) is 4.46. The van der Waals surface area contributed by atoms with Crippen LogP contribution in [0.2, 0.25) is 0 Å². The van der Waals surface area contributed by atoms with Crippen LogP contribution in [0.4, 0.5) is 0 Å². The molecule has 1 saturated heterocycles. The van der Waals surface area contributed by atoms with E-state index in [1.807, 2.05) is 0 Å². The van der Waals surface area contributed by atoms with E-state index in [9.17, 15) is 4.79 Å². The van der Waals surface area contributed by atoms with Crippen LogP contribution in [0.3, 0.4) is 0 Å². The van der Waals surface area contributed by atoms with Crippen molar-refractivity contribution in [2.24, 2.45) is 11.8 Å². The minimum atomic E-state index is 0.0957. The number of carbonyl (C=O) groups is 1. The molecule has 4 rings (SSSR count). The van der Waals surface area contributed by atoms with Crippen LogP contribution in [-0.2, 0) is 9.53 Å². The highest BCUT2D eigenvalue weighted by molar-refractivity contribution is 5.73. The maximum atomic E-state index is 12.3. The van der Waals surface area contributed by atoms with Crippen molar-refractivity contribution in [3.63, 3.8) is 0 Å². The van der Waals surface area contributed by atoms with Crippen molar-refractivity contribution in [2.75, 3.05) is 13.1 Å². The third kappa shape index (κ3) is 3.16. The standard InChI is InChI=1S/C21H33NO2/c1-2-11-22-12-5-9-17-13-18-16(14-19(17)22)8-4-10-20(18)24-21(23)15-6-3-7-15/h15,17,19-20H,2-14H2,1H3/t17-,19-,20-/m1/s1. The van der Waals surface area contributed by atoms with Crippen LogP contribution in [-0.4, -0.2) is 36.1 Å². The van der Waals surface area contributed by atoms with Gasteiger partial charge in [0.1, 0.15) is 6.10 Å². The first-order valence-corrected chi connectivity index (χ1v) is 10.4. The van der Waals surface area contributed by atoms with E-state index in [2.05, 4.69) is 11.8 Å². The Morgan fingerprint density at radius 3 is 2.75 bits per heavy atom. The fourth-order valence-corrected chi connectivity index (χ4v) is 5.43. The van der Waals surface area contributed by atoms with Gasteiger partial charge in [-0.1, -0.05) is 18.9 Å². The van der Waals surface area contributed by atoms with E-state index in [0.29, 0.717) is 0 Å². The van der Waals surface area contributed by atoms with E-state index < -0.39 is 0 Å². The van der Waals surface area contributed by atoms with Crippen molar-refractivity contribution in [2.45, 2.75) is 89.7 Å². The minimum Gasteiger partial charge on any atom is -0.458 e. The summed E-state index contributed by atoms with van der Waals surface area (Å²) >= 11 is 0. The lowest BCUT2D eigenvalue weighted by atomic mass is 9.70. The number of likely N-dealkylation sites (tertiary alicyclic amines) is 1. The van der Waals surface area contributed by atoms with Crippen LogP contribution in [0.5, 0.6) is 0 Å². The summed E-state index contributed by atoms with van der Waals surface area (Å²) in [5.41, 5.74) is 3.19. The Hall–Kier alpha value is -0.830. The number of ether oxygens (including phenoxy) is 1. The van der Waals surface area contributed by atoms with Gasteiger partial charge in [0.05, 0.1) is 5.92 Å². The molecule has 0 aromatic rings. The molecule has 0 aromatic carbocycles. The molecule has 0 aromatic heterocycles. The summed E-state index contributed by atoms with van der Waals surface area (Å²) in [6.45, 7) is 4.84. The second kappa shape index (κ2) is 7.19. The fraction of sp³-hybridized carbons (Fsp3) is 0.857. The first-order chi connectivity index (χ1) is 11.8. The highest BCUT2D eigenvalue weighted by Crippen LogP contribution is 2.44. The Labute approximate surface area is 146 Å². The maximum Gasteiger partial charge on any atom is 0.309 e. The van der Waals surface area contributed by atoms with E-state index in [1.165, 1.54) is 70.0 Å². The molecule has 3 nitrogen and oxygen atoms in total. The summed E-state index contributed by atoms with van der Waals surface area (Å²) in [6, 6.07) is 0.763. The predicted molar refractivity (Wildman–Crippen MR) is 95.7 cm³/mol. The van der Waals surface area contributed by atoms with Gasteiger partial charge in [-0.2, -0.15) is 0 Å². The molecule has 4 aliphatic rings. The molecule has 3 aliphatic carbocycles. The van der Waals surface area contributed by atoms with E-state index >= 15 is 0 Å². The summed E-state index contributed by atoms with van der Waals surface area (Å²) < 4.78 is 6.01. The Balaban J connectivity index is 1.48. The number of fused-ring (bicyclic) bond motifs is 1. The van der Waals surface area contributed by atoms with Crippen molar-refractivity contribution in [3.8, 4) is 0 Å². The molecular formula is C21H33NO2. The first kappa shape index (κ1) is 16.6. The molecule has 0 radical (unpaired) electrons. The summed E-state index contributed by atoms with van der Waals surface area (Å²) in [5.74, 6) is 1.10. The van der Waals surface area contributed by atoms with Crippen LogP contribution in [0.1, 0.15) is 77.6 Å². The molecule has 0 spiro atoms. The zero-order valence-electron chi connectivity index (χ0n) is 15.3. The maximum absolute atomic E-state index is 12.3. The van der Waals surface area contributed by atoms with Crippen molar-refractivity contribution in [3.05, 3.63) is 11.1 Å². The number of hydrogen-bond donors (Lipinski definition) is 0. The quantitative estimate of drug-likeness (QED) is 0.562. The van der Waals surface area contributed by atoms with Gasteiger partial charge in [-0.3, -0.25) is 9.69 Å². The van der Waals surface area contributed by atoms with Crippen molar-refractivity contribution >= 4 is 5.97 Å². The van der Waals surface area contributed by atoms with Gasteiger partial charge in [0.2, 0.25) is 0 Å². The van der Waals surface area contributed by atoms with Gasteiger partial charge in [0.25, 0.3) is 0 Å². The van der Waals surface area contributed by atoms with Crippen molar-refractivity contribution in [1.29, 1.82) is 0 Å². The van der Waals surface area contributed by atoms with E-state index in [4.69, 9.17) is 4.74 Å². The molecule has 3 atom stereocenters. The molecular weight excluding hydrogens is 298 g/mol. The third-order valence-electron chi connectivity index (χ3n) is 6.97. The van der Waals surface area contributed by atoms with E-state index in [-0.39, 0.29) is 18.0 Å². The Morgan fingerprint density at radius 1 is 1.12 bits per heavy atom. The number of carbonyl (C=O) groups excluding carboxylic acids is 1. The molecule has 1 heterocycles. The van der Waals surface area contributed by atoms with Gasteiger partial charge < -0.3 is 4.74 Å². The zero-order chi connectivity index (χ0) is 16.5. The highest BCUT2D eigenvalue weighted by atomic mass is 16.5. The molecule has 3 heteroatoms. The monoisotopic (exact) mass is 331 g/mol. The lowest BCUT2D eigenvalue weighted by Gasteiger charge is -2.47. The molecule has 0 unspecified atom stereocenters. The largest absolute Gasteiger partial charge is 0.458 e. The van der Waals surface area contributed by atoms with Crippen LogP contribution >= 0.6 is 0 Å². The Bertz CT molecular complexity index is 506. The number of nitrogens with zero attached hydrogens (tertiary/aromatic N) is 1. The normalized spacial score (nSPS) is 34.3.